The molecule has 1 N–H and O–H groups in total. The van der Waals surface area contributed by atoms with E-state index in [2.05, 4.69) is 14.8 Å². The van der Waals surface area contributed by atoms with Gasteiger partial charge in [0.1, 0.15) is 11.8 Å². The summed E-state index contributed by atoms with van der Waals surface area (Å²) in [4.78, 5) is 44.7. The van der Waals surface area contributed by atoms with Crippen LogP contribution in [0.25, 0.3) is 0 Å². The Bertz CT molecular complexity index is 352. The van der Waals surface area contributed by atoms with Gasteiger partial charge in [-0.2, -0.15) is 0 Å². The second-order valence-electron chi connectivity index (χ2n) is 3.96. The third kappa shape index (κ3) is 7.91. The highest BCUT2D eigenvalue weighted by atomic mass is 16.5. The number of methoxy groups -OCH3 is 2. The molecule has 0 heterocycles. The van der Waals surface area contributed by atoms with E-state index < -0.39 is 23.9 Å². The van der Waals surface area contributed by atoms with E-state index in [-0.39, 0.29) is 31.5 Å². The minimum atomic E-state index is -0.876. The molecule has 0 aromatic heterocycles. The van der Waals surface area contributed by atoms with Crippen LogP contribution in [0, 0.1) is 0 Å². The fourth-order valence-corrected chi connectivity index (χ4v) is 1.32. The average Bonchev–Trinajstić information content (AvgIpc) is 2.39. The molecule has 0 radical (unpaired) electrons. The molecule has 0 aromatic carbocycles. The molecule has 0 fully saturated rings. The molecule has 0 spiro atoms. The van der Waals surface area contributed by atoms with Gasteiger partial charge in [0, 0.05) is 12.8 Å². The Morgan fingerprint density at radius 2 is 1.63 bits per heavy atom. The Labute approximate surface area is 111 Å². The molecule has 19 heavy (non-hydrogen) atoms. The number of rotatable bonds is 8. The summed E-state index contributed by atoms with van der Waals surface area (Å²) in [5, 5.41) is 2.43. The van der Waals surface area contributed by atoms with E-state index in [4.69, 9.17) is 0 Å². The maximum atomic E-state index is 11.5. The zero-order valence-corrected chi connectivity index (χ0v) is 11.4. The van der Waals surface area contributed by atoms with Gasteiger partial charge >= 0.3 is 11.9 Å². The van der Waals surface area contributed by atoms with Crippen LogP contribution < -0.4 is 5.32 Å². The lowest BCUT2D eigenvalue weighted by Gasteiger charge is -2.15. The maximum absolute atomic E-state index is 11.5. The van der Waals surface area contributed by atoms with Crippen molar-refractivity contribution >= 4 is 23.6 Å². The summed E-state index contributed by atoms with van der Waals surface area (Å²) in [6.07, 6.45) is 0.187. The van der Waals surface area contributed by atoms with Gasteiger partial charge in [-0.15, -0.1) is 0 Å². The van der Waals surface area contributed by atoms with E-state index in [1.54, 1.807) is 0 Å². The molecular formula is C12H19NO6. The molecule has 0 saturated carbocycles. The van der Waals surface area contributed by atoms with Gasteiger partial charge in [0.2, 0.25) is 5.91 Å². The monoisotopic (exact) mass is 273 g/mol. The van der Waals surface area contributed by atoms with E-state index in [0.29, 0.717) is 0 Å². The highest BCUT2D eigenvalue weighted by Crippen LogP contribution is 2.02. The van der Waals surface area contributed by atoms with Crippen LogP contribution in [0.3, 0.4) is 0 Å². The lowest BCUT2D eigenvalue weighted by atomic mass is 10.1. The van der Waals surface area contributed by atoms with Crippen molar-refractivity contribution in [2.45, 2.75) is 38.6 Å². The predicted molar refractivity (Wildman–Crippen MR) is 65.1 cm³/mol. The number of hydrogen-bond donors (Lipinski definition) is 1. The SMILES string of the molecule is COC(=O)CCC(=O)N[C@@H](CCC(C)=O)C(=O)OC. The van der Waals surface area contributed by atoms with Gasteiger partial charge in [-0.25, -0.2) is 4.79 Å². The van der Waals surface area contributed by atoms with E-state index in [9.17, 15) is 19.2 Å². The van der Waals surface area contributed by atoms with E-state index in [1.165, 1.54) is 21.1 Å². The van der Waals surface area contributed by atoms with Gasteiger partial charge in [0.05, 0.1) is 20.6 Å². The van der Waals surface area contributed by atoms with Crippen LogP contribution in [0.1, 0.15) is 32.6 Å². The third-order valence-electron chi connectivity index (χ3n) is 2.39. The minimum Gasteiger partial charge on any atom is -0.469 e. The molecule has 108 valence electrons. The van der Waals surface area contributed by atoms with E-state index in [1.807, 2.05) is 0 Å². The number of ether oxygens (including phenoxy) is 2. The number of nitrogens with one attached hydrogen (secondary N) is 1. The minimum absolute atomic E-state index is 0.0665. The molecule has 0 aliphatic rings. The van der Waals surface area contributed by atoms with Crippen molar-refractivity contribution in [2.75, 3.05) is 14.2 Å². The molecular weight excluding hydrogens is 254 g/mol. The van der Waals surface area contributed by atoms with Crippen LogP contribution in [-0.4, -0.2) is 43.9 Å². The van der Waals surface area contributed by atoms with Crippen molar-refractivity contribution in [1.82, 2.24) is 5.32 Å². The summed E-state index contributed by atoms with van der Waals surface area (Å²) in [6.45, 7) is 1.40. The van der Waals surface area contributed by atoms with Crippen molar-refractivity contribution in [3.05, 3.63) is 0 Å². The summed E-state index contributed by atoms with van der Waals surface area (Å²) < 4.78 is 8.93. The number of Topliss-reactive ketones (excluding diaryl/α,β-unsaturated/α-hetero) is 1. The molecule has 1 atom stereocenters. The Kier molecular flexibility index (Phi) is 8.15. The van der Waals surface area contributed by atoms with Crippen LogP contribution in [0.15, 0.2) is 0 Å². The van der Waals surface area contributed by atoms with E-state index >= 15 is 0 Å². The molecule has 7 heteroatoms. The Morgan fingerprint density at radius 3 is 2.11 bits per heavy atom. The van der Waals surface area contributed by atoms with Gasteiger partial charge in [-0.05, 0) is 13.3 Å². The summed E-state index contributed by atoms with van der Waals surface area (Å²) >= 11 is 0. The first kappa shape index (κ1) is 17.1. The summed E-state index contributed by atoms with van der Waals surface area (Å²) in [5.74, 6) is -1.68. The van der Waals surface area contributed by atoms with Gasteiger partial charge in [-0.3, -0.25) is 9.59 Å². The molecule has 0 bridgehead atoms. The highest BCUT2D eigenvalue weighted by molar-refractivity contribution is 5.86. The molecule has 0 aliphatic heterocycles. The van der Waals surface area contributed by atoms with Crippen molar-refractivity contribution in [2.24, 2.45) is 0 Å². The third-order valence-corrected chi connectivity index (χ3v) is 2.39. The Morgan fingerprint density at radius 1 is 1.00 bits per heavy atom. The quantitative estimate of drug-likeness (QED) is 0.623. The van der Waals surface area contributed by atoms with E-state index in [0.717, 1.165) is 0 Å². The zero-order chi connectivity index (χ0) is 14.8. The molecule has 0 saturated heterocycles. The van der Waals surface area contributed by atoms with Crippen LogP contribution in [0.2, 0.25) is 0 Å². The number of carbonyl (C=O) groups excluding carboxylic acids is 4. The molecule has 0 unspecified atom stereocenters. The fourth-order valence-electron chi connectivity index (χ4n) is 1.32. The van der Waals surface area contributed by atoms with Crippen LogP contribution >= 0.6 is 0 Å². The lowest BCUT2D eigenvalue weighted by Crippen LogP contribution is -2.41. The highest BCUT2D eigenvalue weighted by Gasteiger charge is 2.22. The summed E-state index contributed by atoms with van der Waals surface area (Å²) in [7, 11) is 2.42. The number of amides is 1. The second kappa shape index (κ2) is 9.07. The maximum Gasteiger partial charge on any atom is 0.328 e. The fraction of sp³-hybridized carbons (Fsp3) is 0.667. The van der Waals surface area contributed by atoms with Gasteiger partial charge in [-0.1, -0.05) is 0 Å². The van der Waals surface area contributed by atoms with Gasteiger partial charge in [0.25, 0.3) is 0 Å². The Hall–Kier alpha value is -1.92. The first-order chi connectivity index (χ1) is 8.90. The zero-order valence-electron chi connectivity index (χ0n) is 11.4. The molecule has 1 amide bonds. The van der Waals surface area contributed by atoms with Crippen LogP contribution in [0.5, 0.6) is 0 Å². The van der Waals surface area contributed by atoms with Gasteiger partial charge in [0.15, 0.2) is 0 Å². The largest absolute Gasteiger partial charge is 0.469 e. The second-order valence-corrected chi connectivity index (χ2v) is 3.96. The number of ketones is 1. The number of carbonyl (C=O) groups is 4. The van der Waals surface area contributed by atoms with Gasteiger partial charge < -0.3 is 19.6 Å². The van der Waals surface area contributed by atoms with Crippen molar-refractivity contribution < 1.29 is 28.7 Å². The van der Waals surface area contributed by atoms with Crippen LogP contribution in [-0.2, 0) is 28.7 Å². The standard InChI is InChI=1S/C12H19NO6/c1-8(14)4-5-9(12(17)19-3)13-10(15)6-7-11(16)18-2/h9H,4-7H2,1-3H3,(H,13,15)/t9-/m0/s1. The molecule has 0 rings (SSSR count). The normalized spacial score (nSPS) is 11.3. The topological polar surface area (TPSA) is 98.8 Å². The van der Waals surface area contributed by atoms with Crippen molar-refractivity contribution in [3.63, 3.8) is 0 Å². The molecule has 0 aromatic rings. The average molecular weight is 273 g/mol. The Balaban J connectivity index is 4.30. The number of hydrogen-bond acceptors (Lipinski definition) is 6. The van der Waals surface area contributed by atoms with Crippen molar-refractivity contribution in [3.8, 4) is 0 Å². The van der Waals surface area contributed by atoms with Crippen molar-refractivity contribution in [1.29, 1.82) is 0 Å². The molecule has 7 nitrogen and oxygen atoms in total. The summed E-state index contributed by atoms with van der Waals surface area (Å²) in [6, 6.07) is -0.876. The molecule has 0 aliphatic carbocycles. The first-order valence-electron chi connectivity index (χ1n) is 5.84. The summed E-state index contributed by atoms with van der Waals surface area (Å²) in [5.41, 5.74) is 0. The lowest BCUT2D eigenvalue weighted by molar-refractivity contribution is -0.145. The van der Waals surface area contributed by atoms with Crippen LogP contribution in [0.4, 0.5) is 0 Å². The smallest absolute Gasteiger partial charge is 0.328 e. The predicted octanol–water partition coefficient (Wildman–Crippen LogP) is -0.0334. The first-order valence-corrected chi connectivity index (χ1v) is 5.84. The number of esters is 2.